The first kappa shape index (κ1) is 21.1. The second-order valence-corrected chi connectivity index (χ2v) is 7.71. The van der Waals surface area contributed by atoms with Gasteiger partial charge in [-0.1, -0.05) is 19.1 Å². The van der Waals surface area contributed by atoms with Crippen LogP contribution in [0.2, 0.25) is 0 Å². The Kier molecular flexibility index (Phi) is 7.48. The maximum Gasteiger partial charge on any atom is 0.242 e. The van der Waals surface area contributed by atoms with Gasteiger partial charge < -0.3 is 24.0 Å². The highest BCUT2D eigenvalue weighted by atomic mass is 32.1. The van der Waals surface area contributed by atoms with Gasteiger partial charge in [-0.05, 0) is 29.1 Å². The van der Waals surface area contributed by atoms with Crippen molar-refractivity contribution in [3.63, 3.8) is 0 Å². The molecule has 0 saturated carbocycles. The molecule has 3 rings (SSSR count). The third-order valence-corrected chi connectivity index (χ3v) is 5.50. The molecule has 2 aromatic rings. The van der Waals surface area contributed by atoms with Gasteiger partial charge in [0, 0.05) is 31.5 Å². The smallest absolute Gasteiger partial charge is 0.242 e. The Morgan fingerprint density at radius 3 is 2.66 bits per heavy atom. The van der Waals surface area contributed by atoms with Gasteiger partial charge in [0.25, 0.3) is 0 Å². The first-order valence-electron chi connectivity index (χ1n) is 9.56. The zero-order chi connectivity index (χ0) is 20.6. The summed E-state index contributed by atoms with van der Waals surface area (Å²) in [5.74, 6) is 1.24. The summed E-state index contributed by atoms with van der Waals surface area (Å²) in [6.45, 7) is 3.74. The van der Waals surface area contributed by atoms with Crippen LogP contribution in [-0.4, -0.2) is 55.2 Å². The number of nitrogens with zero attached hydrogens (tertiary/aromatic N) is 2. The molecule has 1 aliphatic rings. The molecule has 0 unspecified atom stereocenters. The van der Waals surface area contributed by atoms with E-state index < -0.39 is 0 Å². The lowest BCUT2D eigenvalue weighted by Crippen LogP contribution is -2.43. The van der Waals surface area contributed by atoms with Crippen LogP contribution in [0.5, 0.6) is 11.5 Å². The normalized spacial score (nSPS) is 12.1. The fourth-order valence-electron chi connectivity index (χ4n) is 3.06. The summed E-state index contributed by atoms with van der Waals surface area (Å²) in [6, 6.07) is 9.66. The number of carbonyl (C=O) groups is 2. The van der Waals surface area contributed by atoms with Gasteiger partial charge in [0.2, 0.25) is 18.6 Å². The highest BCUT2D eigenvalue weighted by Crippen LogP contribution is 2.33. The molecule has 156 valence electrons. The van der Waals surface area contributed by atoms with Gasteiger partial charge in [0.05, 0.1) is 19.7 Å². The van der Waals surface area contributed by atoms with Crippen LogP contribution in [-0.2, 0) is 27.4 Å². The number of fused-ring (bicyclic) bond motifs is 1. The van der Waals surface area contributed by atoms with Crippen molar-refractivity contribution in [1.82, 2.24) is 9.80 Å². The third kappa shape index (κ3) is 5.71. The highest BCUT2D eigenvalue weighted by Gasteiger charge is 2.22. The third-order valence-electron chi connectivity index (χ3n) is 4.64. The summed E-state index contributed by atoms with van der Waals surface area (Å²) >= 11 is 1.60. The van der Waals surface area contributed by atoms with E-state index in [4.69, 9.17) is 14.2 Å². The van der Waals surface area contributed by atoms with Gasteiger partial charge in [-0.15, -0.1) is 11.3 Å². The van der Waals surface area contributed by atoms with Crippen molar-refractivity contribution in [3.8, 4) is 11.5 Å². The Labute approximate surface area is 174 Å². The number of carbonyl (C=O) groups excluding carboxylic acids is 2. The molecule has 0 bridgehead atoms. The predicted molar refractivity (Wildman–Crippen MR) is 110 cm³/mol. The van der Waals surface area contributed by atoms with Crippen LogP contribution in [0.25, 0.3) is 0 Å². The van der Waals surface area contributed by atoms with E-state index >= 15 is 0 Å². The van der Waals surface area contributed by atoms with Crippen molar-refractivity contribution in [2.45, 2.75) is 26.4 Å². The van der Waals surface area contributed by atoms with Crippen molar-refractivity contribution < 1.29 is 23.8 Å². The monoisotopic (exact) mass is 418 g/mol. The lowest BCUT2D eigenvalue weighted by Gasteiger charge is -2.27. The van der Waals surface area contributed by atoms with Crippen LogP contribution in [0.4, 0.5) is 0 Å². The van der Waals surface area contributed by atoms with E-state index in [0.29, 0.717) is 44.2 Å². The SMILES string of the molecule is CCC(=O)N(CCOC)CC(=O)N(Cc1ccc2c(c1)OCO2)Cc1cccs1. The van der Waals surface area contributed by atoms with E-state index in [1.54, 1.807) is 35.2 Å². The minimum absolute atomic E-state index is 0.0337. The van der Waals surface area contributed by atoms with E-state index in [1.807, 2.05) is 35.7 Å². The molecule has 0 saturated heterocycles. The van der Waals surface area contributed by atoms with E-state index in [0.717, 1.165) is 10.4 Å². The number of benzene rings is 1. The van der Waals surface area contributed by atoms with E-state index in [-0.39, 0.29) is 25.2 Å². The first-order chi connectivity index (χ1) is 14.1. The van der Waals surface area contributed by atoms with Crippen molar-refractivity contribution in [2.75, 3.05) is 33.6 Å². The summed E-state index contributed by atoms with van der Waals surface area (Å²) in [7, 11) is 1.58. The molecule has 0 radical (unpaired) electrons. The maximum atomic E-state index is 13.1. The molecule has 1 aliphatic heterocycles. The first-order valence-corrected chi connectivity index (χ1v) is 10.4. The van der Waals surface area contributed by atoms with Gasteiger partial charge in [-0.25, -0.2) is 0 Å². The number of hydrogen-bond donors (Lipinski definition) is 0. The number of rotatable bonds is 10. The van der Waals surface area contributed by atoms with Crippen LogP contribution < -0.4 is 9.47 Å². The molecule has 7 nitrogen and oxygen atoms in total. The summed E-state index contributed by atoms with van der Waals surface area (Å²) in [6.07, 6.45) is 0.351. The molecule has 0 fully saturated rings. The Hall–Kier alpha value is -2.58. The topological polar surface area (TPSA) is 68.3 Å². The average Bonchev–Trinajstić information content (AvgIpc) is 3.41. The van der Waals surface area contributed by atoms with Crippen molar-refractivity contribution in [1.29, 1.82) is 0 Å². The molecule has 0 spiro atoms. The van der Waals surface area contributed by atoms with Gasteiger partial charge in [-0.3, -0.25) is 9.59 Å². The summed E-state index contributed by atoms with van der Waals surface area (Å²) in [5.41, 5.74) is 0.949. The summed E-state index contributed by atoms with van der Waals surface area (Å²) in [5, 5.41) is 1.99. The summed E-state index contributed by atoms with van der Waals surface area (Å²) < 4.78 is 15.9. The molecule has 0 atom stereocenters. The molecular weight excluding hydrogens is 392 g/mol. The van der Waals surface area contributed by atoms with Crippen molar-refractivity contribution in [2.24, 2.45) is 0 Å². The lowest BCUT2D eigenvalue weighted by atomic mass is 10.2. The average molecular weight is 419 g/mol. The van der Waals surface area contributed by atoms with Gasteiger partial charge >= 0.3 is 0 Å². The predicted octanol–water partition coefficient (Wildman–Crippen LogP) is 2.89. The lowest BCUT2D eigenvalue weighted by molar-refractivity contribution is -0.141. The minimum atomic E-state index is -0.103. The quantitative estimate of drug-likeness (QED) is 0.594. The number of ether oxygens (including phenoxy) is 3. The second kappa shape index (κ2) is 10.3. The molecule has 1 aromatic carbocycles. The van der Waals surface area contributed by atoms with Crippen LogP contribution in [0.15, 0.2) is 35.7 Å². The highest BCUT2D eigenvalue weighted by molar-refractivity contribution is 7.09. The minimum Gasteiger partial charge on any atom is -0.454 e. The van der Waals surface area contributed by atoms with Gasteiger partial charge in [0.1, 0.15) is 0 Å². The standard InChI is InChI=1S/C21H26N2O5S/c1-3-20(24)22(8-9-26-2)14-21(25)23(13-17-5-4-10-29-17)12-16-6-7-18-19(11-16)28-15-27-18/h4-7,10-11H,3,8-9,12-15H2,1-2H3. The second-order valence-electron chi connectivity index (χ2n) is 6.68. The van der Waals surface area contributed by atoms with Crippen LogP contribution in [0.1, 0.15) is 23.8 Å². The van der Waals surface area contributed by atoms with E-state index in [1.165, 1.54) is 0 Å². The largest absolute Gasteiger partial charge is 0.454 e. The molecule has 8 heteroatoms. The number of thiophene rings is 1. The maximum absolute atomic E-state index is 13.1. The Bertz CT molecular complexity index is 824. The van der Waals surface area contributed by atoms with Crippen LogP contribution in [0, 0.1) is 0 Å². The van der Waals surface area contributed by atoms with Crippen molar-refractivity contribution >= 4 is 23.2 Å². The number of hydrogen-bond acceptors (Lipinski definition) is 6. The number of amides is 2. The van der Waals surface area contributed by atoms with E-state index in [2.05, 4.69) is 0 Å². The van der Waals surface area contributed by atoms with Crippen molar-refractivity contribution in [3.05, 3.63) is 46.2 Å². The molecule has 1 aromatic heterocycles. The molecule has 29 heavy (non-hydrogen) atoms. The Morgan fingerprint density at radius 2 is 1.93 bits per heavy atom. The summed E-state index contributed by atoms with van der Waals surface area (Å²) in [4.78, 5) is 29.8. The molecule has 0 N–H and O–H groups in total. The van der Waals surface area contributed by atoms with E-state index in [9.17, 15) is 9.59 Å². The van der Waals surface area contributed by atoms with Gasteiger partial charge in [-0.2, -0.15) is 0 Å². The number of methoxy groups -OCH3 is 1. The Morgan fingerprint density at radius 1 is 1.10 bits per heavy atom. The zero-order valence-electron chi connectivity index (χ0n) is 16.8. The molecule has 2 amide bonds. The molecular formula is C21H26N2O5S. The zero-order valence-corrected chi connectivity index (χ0v) is 17.6. The Balaban J connectivity index is 1.74. The van der Waals surface area contributed by atoms with Crippen LogP contribution >= 0.6 is 11.3 Å². The van der Waals surface area contributed by atoms with Crippen LogP contribution in [0.3, 0.4) is 0 Å². The van der Waals surface area contributed by atoms with Gasteiger partial charge in [0.15, 0.2) is 11.5 Å². The molecule has 0 aliphatic carbocycles. The molecule has 2 heterocycles. The fourth-order valence-corrected chi connectivity index (χ4v) is 3.78. The fraction of sp³-hybridized carbons (Fsp3) is 0.429.